The summed E-state index contributed by atoms with van der Waals surface area (Å²) >= 11 is 0. The molecule has 1 aliphatic rings. The first-order valence-corrected chi connectivity index (χ1v) is 6.78. The normalized spacial score (nSPS) is 20.1. The fourth-order valence-electron chi connectivity index (χ4n) is 2.39. The lowest BCUT2D eigenvalue weighted by atomic mass is 9.78. The summed E-state index contributed by atoms with van der Waals surface area (Å²) < 4.78 is 13.1. The van der Waals surface area contributed by atoms with Crippen LogP contribution in [0.3, 0.4) is 0 Å². The molecule has 6 nitrogen and oxygen atoms in total. The van der Waals surface area contributed by atoms with Crippen molar-refractivity contribution in [1.82, 2.24) is 9.55 Å². The van der Waals surface area contributed by atoms with Crippen LogP contribution in [0.15, 0.2) is 24.5 Å². The van der Waals surface area contributed by atoms with Gasteiger partial charge in [-0.3, -0.25) is 0 Å². The maximum Gasteiger partial charge on any atom is 0.495 e. The van der Waals surface area contributed by atoms with Gasteiger partial charge in [0.1, 0.15) is 5.65 Å². The highest BCUT2D eigenvalue weighted by atomic mass is 16.7. The van der Waals surface area contributed by atoms with Gasteiger partial charge < -0.3 is 14.4 Å². The smallest absolute Gasteiger partial charge is 0.464 e. The summed E-state index contributed by atoms with van der Waals surface area (Å²) in [5.41, 5.74) is 0.291. The quantitative estimate of drug-likeness (QED) is 0.811. The van der Waals surface area contributed by atoms with Gasteiger partial charge in [0.25, 0.3) is 0 Å². The monoisotopic (exact) mass is 288 g/mol. The number of aromatic nitrogens is 2. The van der Waals surface area contributed by atoms with Gasteiger partial charge in [0.05, 0.1) is 11.2 Å². The number of carbonyl (C=O) groups is 1. The topological polar surface area (TPSA) is 73.6 Å². The SMILES string of the molecule is CC1(C)OB(c2ccnc3c2ccn3C(=O)O)OC1(C)C. The zero-order valence-electron chi connectivity index (χ0n) is 12.5. The number of hydrogen-bond donors (Lipinski definition) is 1. The van der Waals surface area contributed by atoms with E-state index >= 15 is 0 Å². The van der Waals surface area contributed by atoms with E-state index in [1.807, 2.05) is 27.7 Å². The van der Waals surface area contributed by atoms with Crippen LogP contribution in [-0.2, 0) is 9.31 Å². The molecule has 0 saturated carbocycles. The van der Waals surface area contributed by atoms with Crippen LogP contribution in [0.1, 0.15) is 27.7 Å². The molecule has 2 aromatic heterocycles. The summed E-state index contributed by atoms with van der Waals surface area (Å²) in [5.74, 6) is 0. The molecule has 2 aromatic rings. The predicted octanol–water partition coefficient (Wildman–Crippen LogP) is 1.86. The van der Waals surface area contributed by atoms with E-state index < -0.39 is 24.4 Å². The Labute approximate surface area is 122 Å². The van der Waals surface area contributed by atoms with Gasteiger partial charge in [0, 0.05) is 17.8 Å². The molecule has 0 aliphatic carbocycles. The third-order valence-corrected chi connectivity index (χ3v) is 4.33. The Kier molecular flexibility index (Phi) is 2.90. The minimum Gasteiger partial charge on any atom is -0.464 e. The Balaban J connectivity index is 2.09. The summed E-state index contributed by atoms with van der Waals surface area (Å²) in [5, 5.41) is 9.88. The lowest BCUT2D eigenvalue weighted by molar-refractivity contribution is 0.00578. The molecule has 0 unspecified atom stereocenters. The van der Waals surface area contributed by atoms with Crippen molar-refractivity contribution in [3.63, 3.8) is 0 Å². The highest BCUT2D eigenvalue weighted by molar-refractivity contribution is 6.65. The zero-order chi connectivity index (χ0) is 15.4. The Morgan fingerprint density at radius 2 is 1.86 bits per heavy atom. The molecule has 1 aliphatic heterocycles. The first-order chi connectivity index (χ1) is 9.73. The second-order valence-corrected chi connectivity index (χ2v) is 6.19. The van der Waals surface area contributed by atoms with Crippen LogP contribution < -0.4 is 5.46 Å². The van der Waals surface area contributed by atoms with E-state index in [0.29, 0.717) is 5.65 Å². The Morgan fingerprint density at radius 1 is 1.24 bits per heavy atom. The molecule has 3 rings (SSSR count). The molecule has 21 heavy (non-hydrogen) atoms. The number of carboxylic acid groups (broad SMARTS) is 1. The van der Waals surface area contributed by atoms with Gasteiger partial charge in [-0.1, -0.05) is 0 Å². The molecule has 110 valence electrons. The van der Waals surface area contributed by atoms with Gasteiger partial charge >= 0.3 is 13.2 Å². The number of rotatable bonds is 1. The number of pyridine rings is 1. The molecule has 0 amide bonds. The van der Waals surface area contributed by atoms with Crippen molar-refractivity contribution in [2.45, 2.75) is 38.9 Å². The van der Waals surface area contributed by atoms with Gasteiger partial charge in [-0.25, -0.2) is 14.3 Å². The lowest BCUT2D eigenvalue weighted by Crippen LogP contribution is -2.41. The summed E-state index contributed by atoms with van der Waals surface area (Å²) in [7, 11) is -0.537. The Hall–Kier alpha value is -1.86. The van der Waals surface area contributed by atoms with Crippen LogP contribution in [0, 0.1) is 0 Å². The number of nitrogens with zero attached hydrogens (tertiary/aromatic N) is 2. The van der Waals surface area contributed by atoms with Gasteiger partial charge in [-0.2, -0.15) is 0 Å². The van der Waals surface area contributed by atoms with Crippen LogP contribution in [0.4, 0.5) is 4.79 Å². The van der Waals surface area contributed by atoms with Crippen LogP contribution in [0.25, 0.3) is 11.0 Å². The Morgan fingerprint density at radius 3 is 2.43 bits per heavy atom. The van der Waals surface area contributed by atoms with Gasteiger partial charge in [0.2, 0.25) is 0 Å². The molecule has 3 heterocycles. The minimum absolute atomic E-state index is 0.384. The summed E-state index contributed by atoms with van der Waals surface area (Å²) in [6.07, 6.45) is 1.99. The van der Waals surface area contributed by atoms with E-state index in [1.54, 1.807) is 18.3 Å². The van der Waals surface area contributed by atoms with Gasteiger partial charge in [-0.15, -0.1) is 0 Å². The van der Waals surface area contributed by atoms with Crippen molar-refractivity contribution in [3.05, 3.63) is 24.5 Å². The van der Waals surface area contributed by atoms with E-state index in [-0.39, 0.29) is 0 Å². The van der Waals surface area contributed by atoms with E-state index in [2.05, 4.69) is 4.98 Å². The van der Waals surface area contributed by atoms with Gasteiger partial charge in [0.15, 0.2) is 0 Å². The van der Waals surface area contributed by atoms with Gasteiger partial charge in [-0.05, 0) is 45.3 Å². The Bertz CT molecular complexity index is 707. The minimum atomic E-state index is -1.07. The second-order valence-electron chi connectivity index (χ2n) is 6.19. The van der Waals surface area contributed by atoms with Crippen molar-refractivity contribution in [3.8, 4) is 0 Å². The van der Waals surface area contributed by atoms with E-state index in [4.69, 9.17) is 14.4 Å². The van der Waals surface area contributed by atoms with Crippen LogP contribution in [0.2, 0.25) is 0 Å². The number of hydrogen-bond acceptors (Lipinski definition) is 4. The molecular weight excluding hydrogens is 271 g/mol. The molecule has 0 aromatic carbocycles. The maximum atomic E-state index is 11.2. The van der Waals surface area contributed by atoms with Crippen molar-refractivity contribution in [2.24, 2.45) is 0 Å². The first-order valence-electron chi connectivity index (χ1n) is 6.78. The highest BCUT2D eigenvalue weighted by Gasteiger charge is 2.52. The average molecular weight is 288 g/mol. The molecule has 0 bridgehead atoms. The molecular formula is C14H17BN2O4. The van der Waals surface area contributed by atoms with Crippen molar-refractivity contribution < 1.29 is 19.2 Å². The third kappa shape index (κ3) is 2.04. The number of fused-ring (bicyclic) bond motifs is 1. The highest BCUT2D eigenvalue weighted by Crippen LogP contribution is 2.36. The molecule has 1 saturated heterocycles. The standard InChI is InChI=1S/C14H17BN2O4/c1-13(2)14(3,4)21-15(20-13)10-5-7-16-11-9(10)6-8-17(11)12(18)19/h5-8H,1-4H3,(H,18,19). The van der Waals surface area contributed by atoms with E-state index in [1.165, 1.54) is 6.20 Å². The molecule has 0 spiro atoms. The third-order valence-electron chi connectivity index (χ3n) is 4.33. The molecule has 7 heteroatoms. The second kappa shape index (κ2) is 4.32. The summed E-state index contributed by atoms with van der Waals surface area (Å²) in [6.45, 7) is 7.92. The van der Waals surface area contributed by atoms with Crippen LogP contribution >= 0.6 is 0 Å². The molecule has 1 N–H and O–H groups in total. The van der Waals surface area contributed by atoms with E-state index in [9.17, 15) is 4.79 Å². The van der Waals surface area contributed by atoms with Crippen molar-refractivity contribution >= 4 is 29.7 Å². The largest absolute Gasteiger partial charge is 0.495 e. The zero-order valence-corrected chi connectivity index (χ0v) is 12.5. The van der Waals surface area contributed by atoms with Crippen LogP contribution in [0.5, 0.6) is 0 Å². The fourth-order valence-corrected chi connectivity index (χ4v) is 2.39. The lowest BCUT2D eigenvalue weighted by Gasteiger charge is -2.32. The summed E-state index contributed by atoms with van der Waals surface area (Å²) in [6, 6.07) is 3.52. The summed E-state index contributed by atoms with van der Waals surface area (Å²) in [4.78, 5) is 15.3. The van der Waals surface area contributed by atoms with Crippen molar-refractivity contribution in [2.75, 3.05) is 0 Å². The predicted molar refractivity (Wildman–Crippen MR) is 78.9 cm³/mol. The van der Waals surface area contributed by atoms with Crippen molar-refractivity contribution in [1.29, 1.82) is 0 Å². The average Bonchev–Trinajstić information content (AvgIpc) is 2.88. The van der Waals surface area contributed by atoms with Crippen LogP contribution in [-0.4, -0.2) is 39.1 Å². The maximum absolute atomic E-state index is 11.2. The first kappa shape index (κ1) is 14.1. The molecule has 0 radical (unpaired) electrons. The fraction of sp³-hybridized carbons (Fsp3) is 0.429. The van der Waals surface area contributed by atoms with E-state index in [0.717, 1.165) is 15.4 Å². The molecule has 0 atom stereocenters. The molecule has 1 fully saturated rings.